The quantitative estimate of drug-likeness (QED) is 0.484. The summed E-state index contributed by atoms with van der Waals surface area (Å²) < 4.78 is 11.5. The van der Waals surface area contributed by atoms with Crippen molar-refractivity contribution in [2.45, 2.75) is 40.4 Å². The number of nitrogens with zero attached hydrogens (tertiary/aromatic N) is 1. The summed E-state index contributed by atoms with van der Waals surface area (Å²) in [5.74, 6) is 0. The van der Waals surface area contributed by atoms with Crippen molar-refractivity contribution < 1.29 is 4.21 Å². The van der Waals surface area contributed by atoms with Gasteiger partial charge >= 0.3 is 0 Å². The summed E-state index contributed by atoms with van der Waals surface area (Å²) in [6, 6.07) is 0. The maximum atomic E-state index is 6.30. The highest BCUT2D eigenvalue weighted by atomic mass is 31.2. The molecule has 0 heterocycles. The third kappa shape index (κ3) is 5.96. The highest BCUT2D eigenvalue weighted by Crippen LogP contribution is 2.67. The summed E-state index contributed by atoms with van der Waals surface area (Å²) in [6.45, 7) is 18.1. The molecule has 0 fully saturated rings. The molecule has 0 aromatic rings. The van der Waals surface area contributed by atoms with Gasteiger partial charge in [-0.15, -0.1) is 4.52 Å². The third-order valence-electron chi connectivity index (χ3n) is 2.67. The summed E-state index contributed by atoms with van der Waals surface area (Å²) in [7, 11) is -4.03. The van der Waals surface area contributed by atoms with E-state index in [1.165, 1.54) is 18.5 Å². The predicted octanol–water partition coefficient (Wildman–Crippen LogP) is 5.21. The molecule has 0 aliphatic rings. The highest BCUT2D eigenvalue weighted by molar-refractivity contribution is 7.80. The SMILES string of the molecule is CC[P+](CC)(CC)N=P(C)(C)O[Si](C)(C)C. The predicted molar refractivity (Wildman–Crippen MR) is 84.2 cm³/mol. The number of hydrogen-bond acceptors (Lipinski definition) is 2. The van der Waals surface area contributed by atoms with E-state index < -0.39 is 23.0 Å². The summed E-state index contributed by atoms with van der Waals surface area (Å²) >= 11 is 0. The zero-order valence-electron chi connectivity index (χ0n) is 12.4. The van der Waals surface area contributed by atoms with Crippen LogP contribution in [0.25, 0.3) is 0 Å². The van der Waals surface area contributed by atoms with Gasteiger partial charge < -0.3 is 4.21 Å². The first kappa shape index (κ1) is 16.8. The molecule has 98 valence electrons. The van der Waals surface area contributed by atoms with Gasteiger partial charge in [0.05, 0.1) is 18.5 Å². The molecule has 0 aliphatic heterocycles. The molecule has 0 saturated heterocycles. The average Bonchev–Trinajstić information content (AvgIpc) is 2.10. The minimum atomic E-state index is -1.50. The Hall–Kier alpha value is 0.837. The van der Waals surface area contributed by atoms with Crippen molar-refractivity contribution in [2.24, 2.45) is 4.52 Å². The van der Waals surface area contributed by atoms with E-state index in [0.29, 0.717) is 0 Å². The van der Waals surface area contributed by atoms with Gasteiger partial charge in [-0.2, -0.15) is 0 Å². The molecule has 0 aromatic carbocycles. The van der Waals surface area contributed by atoms with Crippen molar-refractivity contribution in [1.29, 1.82) is 0 Å². The maximum Gasteiger partial charge on any atom is 0.190 e. The first-order chi connectivity index (χ1) is 7.10. The molecule has 16 heavy (non-hydrogen) atoms. The van der Waals surface area contributed by atoms with Crippen LogP contribution in [0, 0.1) is 0 Å². The van der Waals surface area contributed by atoms with Crippen LogP contribution in [-0.4, -0.2) is 40.1 Å². The van der Waals surface area contributed by atoms with E-state index in [0.717, 1.165) is 0 Å². The monoisotopic (exact) mass is 282 g/mol. The van der Waals surface area contributed by atoms with Crippen LogP contribution in [0.5, 0.6) is 0 Å². The lowest BCUT2D eigenvalue weighted by Crippen LogP contribution is -2.23. The second kappa shape index (κ2) is 6.14. The fraction of sp³-hybridized carbons (Fsp3) is 1.00. The van der Waals surface area contributed by atoms with Gasteiger partial charge in [0.25, 0.3) is 0 Å². The Morgan fingerprint density at radius 2 is 1.38 bits per heavy atom. The highest BCUT2D eigenvalue weighted by Gasteiger charge is 2.34. The standard InChI is InChI=1S/C11H30NOP2Si/c1-9-15(10-2,11-3)12-14(4,5)13-16(6,7)8/h9-11H2,1-8H3/q+1. The second-order valence-electron chi connectivity index (χ2n) is 5.63. The van der Waals surface area contributed by atoms with E-state index in [-0.39, 0.29) is 0 Å². The molecule has 2 nitrogen and oxygen atoms in total. The molecule has 0 amide bonds. The summed E-state index contributed by atoms with van der Waals surface area (Å²) in [5.41, 5.74) is 0. The normalized spacial score (nSPS) is 14.0. The molecular weight excluding hydrogens is 252 g/mol. The Bertz CT molecular complexity index is 255. The van der Waals surface area contributed by atoms with Crippen LogP contribution < -0.4 is 0 Å². The molecule has 0 aromatic heterocycles. The lowest BCUT2D eigenvalue weighted by atomic mass is 10.9. The number of hydrogen-bond donors (Lipinski definition) is 0. The Kier molecular flexibility index (Phi) is 6.46. The first-order valence-corrected chi connectivity index (χ1v) is 14.5. The fourth-order valence-electron chi connectivity index (χ4n) is 2.01. The Balaban J connectivity index is 5.09. The van der Waals surface area contributed by atoms with Crippen LogP contribution in [0.1, 0.15) is 20.8 Å². The topological polar surface area (TPSA) is 21.6 Å². The van der Waals surface area contributed by atoms with Crippen LogP contribution >= 0.6 is 14.7 Å². The lowest BCUT2D eigenvalue weighted by Gasteiger charge is -2.28. The molecule has 0 atom stereocenters. The molecule has 0 saturated carbocycles. The zero-order valence-corrected chi connectivity index (χ0v) is 15.2. The van der Waals surface area contributed by atoms with Crippen LogP contribution in [0.2, 0.25) is 19.6 Å². The minimum absolute atomic E-state index is 1.07. The van der Waals surface area contributed by atoms with Gasteiger partial charge in [-0.05, 0) is 53.7 Å². The molecule has 0 radical (unpaired) electrons. The Labute approximate surface area is 104 Å². The molecule has 0 aliphatic carbocycles. The molecule has 0 rings (SSSR count). The summed E-state index contributed by atoms with van der Waals surface area (Å²) in [4.78, 5) is 0. The van der Waals surface area contributed by atoms with Crippen molar-refractivity contribution in [3.05, 3.63) is 0 Å². The van der Waals surface area contributed by atoms with Gasteiger partial charge in [0.2, 0.25) is 0 Å². The van der Waals surface area contributed by atoms with Crippen LogP contribution in [0.3, 0.4) is 0 Å². The Morgan fingerprint density at radius 1 is 1.00 bits per heavy atom. The average molecular weight is 282 g/mol. The van der Waals surface area contributed by atoms with Crippen LogP contribution in [0.15, 0.2) is 4.52 Å². The van der Waals surface area contributed by atoms with E-state index in [4.69, 9.17) is 8.73 Å². The second-order valence-corrected chi connectivity index (χ2v) is 18.0. The van der Waals surface area contributed by atoms with Gasteiger partial charge in [0.15, 0.2) is 8.32 Å². The van der Waals surface area contributed by atoms with E-state index in [1.807, 2.05) is 0 Å². The molecule has 5 heteroatoms. The first-order valence-electron chi connectivity index (χ1n) is 6.25. The van der Waals surface area contributed by atoms with Gasteiger partial charge in [0.1, 0.15) is 14.7 Å². The van der Waals surface area contributed by atoms with Crippen LogP contribution in [0.4, 0.5) is 0 Å². The van der Waals surface area contributed by atoms with Crippen molar-refractivity contribution in [3.8, 4) is 0 Å². The maximum absolute atomic E-state index is 6.30. The van der Waals surface area contributed by atoms with Gasteiger partial charge in [-0.3, -0.25) is 0 Å². The van der Waals surface area contributed by atoms with E-state index in [2.05, 4.69) is 53.7 Å². The molecule has 0 bridgehead atoms. The van der Waals surface area contributed by atoms with Crippen molar-refractivity contribution in [2.75, 3.05) is 31.8 Å². The third-order valence-corrected chi connectivity index (χ3v) is 13.4. The van der Waals surface area contributed by atoms with E-state index >= 15 is 0 Å². The van der Waals surface area contributed by atoms with Gasteiger partial charge in [0, 0.05) is 0 Å². The smallest absolute Gasteiger partial charge is 0.190 e. The van der Waals surface area contributed by atoms with Crippen molar-refractivity contribution in [1.82, 2.24) is 0 Å². The largest absolute Gasteiger partial charge is 0.382 e. The van der Waals surface area contributed by atoms with E-state index in [9.17, 15) is 0 Å². The number of rotatable bonds is 6. The van der Waals surface area contributed by atoms with Gasteiger partial charge in [-0.1, -0.05) is 0 Å². The van der Waals surface area contributed by atoms with Crippen molar-refractivity contribution >= 4 is 23.0 Å². The zero-order chi connectivity index (χ0) is 13.0. The van der Waals surface area contributed by atoms with Crippen molar-refractivity contribution in [3.63, 3.8) is 0 Å². The Morgan fingerprint density at radius 3 is 1.62 bits per heavy atom. The fourth-order valence-corrected chi connectivity index (χ4v) is 14.4. The summed E-state index contributed by atoms with van der Waals surface area (Å²) in [5, 5.41) is 0. The van der Waals surface area contributed by atoms with E-state index in [1.54, 1.807) is 0 Å². The lowest BCUT2D eigenvalue weighted by molar-refractivity contribution is 0.618. The molecule has 0 spiro atoms. The minimum Gasteiger partial charge on any atom is -0.382 e. The van der Waals surface area contributed by atoms with Crippen LogP contribution in [-0.2, 0) is 4.21 Å². The molecular formula is C11H30NOP2Si+. The molecule has 0 N–H and O–H groups in total. The molecule has 0 unspecified atom stereocenters. The summed E-state index contributed by atoms with van der Waals surface area (Å²) in [6.07, 6.45) is 3.70. The van der Waals surface area contributed by atoms with Gasteiger partial charge in [-0.25, -0.2) is 0 Å².